The molecule has 1 heterocycles. The van der Waals surface area contributed by atoms with Gasteiger partial charge in [-0.2, -0.15) is 0 Å². The molecular weight excluding hydrogens is 260 g/mol. The van der Waals surface area contributed by atoms with Gasteiger partial charge in [0.25, 0.3) is 0 Å². The number of anilines is 1. The van der Waals surface area contributed by atoms with Crippen LogP contribution in [0.15, 0.2) is 18.2 Å². The van der Waals surface area contributed by atoms with E-state index < -0.39 is 9.84 Å². The van der Waals surface area contributed by atoms with E-state index in [-0.39, 0.29) is 11.5 Å². The molecule has 1 saturated heterocycles. The minimum atomic E-state index is -2.82. The third-order valence-electron chi connectivity index (χ3n) is 2.91. The first-order valence-electron chi connectivity index (χ1n) is 5.43. The van der Waals surface area contributed by atoms with E-state index in [1.807, 2.05) is 12.1 Å². The summed E-state index contributed by atoms with van der Waals surface area (Å²) in [5.41, 5.74) is 7.24. The smallest absolute Gasteiger partial charge is 0.152 e. The summed E-state index contributed by atoms with van der Waals surface area (Å²) < 4.78 is 22.6. The van der Waals surface area contributed by atoms with Gasteiger partial charge in [0.05, 0.1) is 11.5 Å². The van der Waals surface area contributed by atoms with Crippen molar-refractivity contribution in [1.29, 1.82) is 0 Å². The molecular formula is C11H15ClN2O2S. The van der Waals surface area contributed by atoms with Crippen LogP contribution in [0.1, 0.15) is 5.56 Å². The average Bonchev–Trinajstić information content (AvgIpc) is 2.25. The highest BCUT2D eigenvalue weighted by atomic mass is 35.5. The molecule has 0 aromatic heterocycles. The van der Waals surface area contributed by atoms with Crippen molar-refractivity contribution in [3.8, 4) is 0 Å². The fourth-order valence-electron chi connectivity index (χ4n) is 1.84. The molecule has 2 N–H and O–H groups in total. The minimum absolute atomic E-state index is 0.236. The molecule has 0 atom stereocenters. The molecule has 1 aliphatic rings. The number of rotatable bonds is 2. The zero-order chi connectivity index (χ0) is 12.5. The van der Waals surface area contributed by atoms with E-state index >= 15 is 0 Å². The number of sulfone groups is 1. The fourth-order valence-corrected chi connectivity index (χ4v) is 3.37. The van der Waals surface area contributed by atoms with Gasteiger partial charge in [-0.15, -0.1) is 0 Å². The van der Waals surface area contributed by atoms with Crippen molar-refractivity contribution in [3.63, 3.8) is 0 Å². The lowest BCUT2D eigenvalue weighted by Crippen LogP contribution is -2.39. The minimum Gasteiger partial charge on any atom is -0.399 e. The van der Waals surface area contributed by atoms with E-state index in [4.69, 9.17) is 17.3 Å². The topological polar surface area (TPSA) is 63.4 Å². The predicted octanol–water partition coefficient (Wildman–Crippen LogP) is 1.15. The van der Waals surface area contributed by atoms with Crippen molar-refractivity contribution in [2.45, 2.75) is 6.54 Å². The quantitative estimate of drug-likeness (QED) is 0.822. The highest BCUT2D eigenvalue weighted by molar-refractivity contribution is 7.91. The zero-order valence-electron chi connectivity index (χ0n) is 9.39. The van der Waals surface area contributed by atoms with E-state index in [1.165, 1.54) is 0 Å². The maximum absolute atomic E-state index is 11.3. The lowest BCUT2D eigenvalue weighted by Gasteiger charge is -2.26. The van der Waals surface area contributed by atoms with Crippen LogP contribution < -0.4 is 5.73 Å². The van der Waals surface area contributed by atoms with Gasteiger partial charge in [-0.05, 0) is 17.7 Å². The Morgan fingerprint density at radius 1 is 1.29 bits per heavy atom. The van der Waals surface area contributed by atoms with Crippen LogP contribution in [0.25, 0.3) is 0 Å². The van der Waals surface area contributed by atoms with Gasteiger partial charge >= 0.3 is 0 Å². The Morgan fingerprint density at radius 2 is 1.94 bits per heavy atom. The highest BCUT2D eigenvalue weighted by Gasteiger charge is 2.21. The van der Waals surface area contributed by atoms with E-state index in [0.29, 0.717) is 30.3 Å². The predicted molar refractivity (Wildman–Crippen MR) is 69.8 cm³/mol. The monoisotopic (exact) mass is 274 g/mol. The van der Waals surface area contributed by atoms with Gasteiger partial charge in [0, 0.05) is 30.3 Å². The maximum Gasteiger partial charge on any atom is 0.152 e. The Bertz CT molecular complexity index is 502. The molecule has 0 amide bonds. The van der Waals surface area contributed by atoms with Gasteiger partial charge in [-0.25, -0.2) is 8.42 Å². The standard InChI is InChI=1S/C11H15ClN2O2S/c12-11-7-10(13)2-1-9(11)8-14-3-5-17(15,16)6-4-14/h1-2,7H,3-6,8,13H2. The molecule has 1 aliphatic heterocycles. The zero-order valence-corrected chi connectivity index (χ0v) is 11.0. The highest BCUT2D eigenvalue weighted by Crippen LogP contribution is 2.21. The molecule has 17 heavy (non-hydrogen) atoms. The second-order valence-corrected chi connectivity index (χ2v) is 6.99. The molecule has 1 fully saturated rings. The molecule has 0 bridgehead atoms. The largest absolute Gasteiger partial charge is 0.399 e. The van der Waals surface area contributed by atoms with Gasteiger partial charge in [0.2, 0.25) is 0 Å². The molecule has 0 spiro atoms. The molecule has 0 unspecified atom stereocenters. The summed E-state index contributed by atoms with van der Waals surface area (Å²) in [6.07, 6.45) is 0. The number of hydrogen-bond donors (Lipinski definition) is 1. The molecule has 0 saturated carbocycles. The lowest BCUT2D eigenvalue weighted by molar-refractivity contribution is 0.288. The number of nitrogens with zero attached hydrogens (tertiary/aromatic N) is 1. The van der Waals surface area contributed by atoms with Gasteiger partial charge < -0.3 is 5.73 Å². The van der Waals surface area contributed by atoms with Crippen molar-refractivity contribution in [3.05, 3.63) is 28.8 Å². The van der Waals surface area contributed by atoms with Crippen LogP contribution in [0.5, 0.6) is 0 Å². The summed E-state index contributed by atoms with van der Waals surface area (Å²) in [7, 11) is -2.82. The van der Waals surface area contributed by atoms with Crippen LogP contribution in [-0.2, 0) is 16.4 Å². The first-order chi connectivity index (χ1) is 7.96. The Morgan fingerprint density at radius 3 is 2.53 bits per heavy atom. The van der Waals surface area contributed by atoms with E-state index in [2.05, 4.69) is 4.90 Å². The first-order valence-corrected chi connectivity index (χ1v) is 7.63. The van der Waals surface area contributed by atoms with Gasteiger partial charge in [-0.3, -0.25) is 4.90 Å². The van der Waals surface area contributed by atoms with Crippen molar-refractivity contribution in [1.82, 2.24) is 4.90 Å². The molecule has 0 aliphatic carbocycles. The SMILES string of the molecule is Nc1ccc(CN2CCS(=O)(=O)CC2)c(Cl)c1. The second-order valence-electron chi connectivity index (χ2n) is 4.28. The summed E-state index contributed by atoms with van der Waals surface area (Å²) in [6.45, 7) is 1.82. The number of benzene rings is 1. The number of nitrogens with two attached hydrogens (primary N) is 1. The third-order valence-corrected chi connectivity index (χ3v) is 4.87. The molecule has 6 heteroatoms. The van der Waals surface area contributed by atoms with Crippen LogP contribution >= 0.6 is 11.6 Å². The summed E-state index contributed by atoms with van der Waals surface area (Å²) in [6, 6.07) is 5.42. The third kappa shape index (κ3) is 3.34. The van der Waals surface area contributed by atoms with Crippen molar-refractivity contribution >= 4 is 27.1 Å². The van der Waals surface area contributed by atoms with E-state index in [1.54, 1.807) is 6.07 Å². The Balaban J connectivity index is 2.02. The molecule has 2 rings (SSSR count). The second kappa shape index (κ2) is 4.84. The Labute approximate surface area is 106 Å². The fraction of sp³-hybridized carbons (Fsp3) is 0.455. The van der Waals surface area contributed by atoms with E-state index in [9.17, 15) is 8.42 Å². The number of nitrogen functional groups attached to an aromatic ring is 1. The Kier molecular flexibility index (Phi) is 3.61. The van der Waals surface area contributed by atoms with Crippen molar-refractivity contribution in [2.75, 3.05) is 30.3 Å². The lowest BCUT2D eigenvalue weighted by atomic mass is 10.2. The van der Waals surface area contributed by atoms with Gasteiger partial charge in [0.15, 0.2) is 9.84 Å². The van der Waals surface area contributed by atoms with Crippen LogP contribution in [0.2, 0.25) is 5.02 Å². The van der Waals surface area contributed by atoms with Gasteiger partial charge in [-0.1, -0.05) is 17.7 Å². The maximum atomic E-state index is 11.3. The molecule has 1 aromatic carbocycles. The van der Waals surface area contributed by atoms with Crippen LogP contribution in [0, 0.1) is 0 Å². The molecule has 94 valence electrons. The van der Waals surface area contributed by atoms with Crippen LogP contribution in [0.3, 0.4) is 0 Å². The normalized spacial score (nSPS) is 20.3. The Hall–Kier alpha value is -0.780. The summed E-state index contributed by atoms with van der Waals surface area (Å²) in [5.74, 6) is 0.471. The van der Waals surface area contributed by atoms with Crippen LogP contribution in [0.4, 0.5) is 5.69 Å². The number of halogens is 1. The summed E-state index contributed by atoms with van der Waals surface area (Å²) in [5, 5.41) is 0.637. The van der Waals surface area contributed by atoms with Crippen molar-refractivity contribution in [2.24, 2.45) is 0 Å². The average molecular weight is 275 g/mol. The number of hydrogen-bond acceptors (Lipinski definition) is 4. The van der Waals surface area contributed by atoms with Crippen LogP contribution in [-0.4, -0.2) is 37.9 Å². The molecule has 0 radical (unpaired) electrons. The van der Waals surface area contributed by atoms with E-state index in [0.717, 1.165) is 5.56 Å². The van der Waals surface area contributed by atoms with Crippen molar-refractivity contribution < 1.29 is 8.42 Å². The molecule has 4 nitrogen and oxygen atoms in total. The van der Waals surface area contributed by atoms with Gasteiger partial charge in [0.1, 0.15) is 0 Å². The summed E-state index contributed by atoms with van der Waals surface area (Å²) in [4.78, 5) is 2.10. The summed E-state index contributed by atoms with van der Waals surface area (Å²) >= 11 is 6.08. The first kappa shape index (κ1) is 12.7. The molecule has 1 aromatic rings.